The van der Waals surface area contributed by atoms with Crippen molar-refractivity contribution in [2.24, 2.45) is 0 Å². The Bertz CT molecular complexity index is 1120. The number of hydrogen-bond donors (Lipinski definition) is 1. The first-order valence-electron chi connectivity index (χ1n) is 8.74. The molecule has 0 radical (unpaired) electrons. The summed E-state index contributed by atoms with van der Waals surface area (Å²) in [6.07, 6.45) is 1.50. The van der Waals surface area contributed by atoms with E-state index in [2.05, 4.69) is 21.2 Å². The molecule has 1 aromatic heterocycles. The topological polar surface area (TPSA) is 79.6 Å². The van der Waals surface area contributed by atoms with Crippen LogP contribution in [-0.4, -0.2) is 25.2 Å². The van der Waals surface area contributed by atoms with Crippen LogP contribution < -0.4 is 5.32 Å². The molecule has 3 rings (SSSR count). The zero-order valence-corrected chi connectivity index (χ0v) is 19.4. The van der Waals surface area contributed by atoms with E-state index in [-0.39, 0.29) is 24.5 Å². The maximum absolute atomic E-state index is 13.2. The Morgan fingerprint density at radius 3 is 2.43 bits per heavy atom. The fourth-order valence-corrected chi connectivity index (χ4v) is 4.61. The van der Waals surface area contributed by atoms with Gasteiger partial charge in [-0.25, -0.2) is 8.42 Å². The second-order valence-corrected chi connectivity index (χ2v) is 10.00. The lowest BCUT2D eigenvalue weighted by molar-refractivity contribution is -0.121. The highest BCUT2D eigenvalue weighted by molar-refractivity contribution is 9.10. The van der Waals surface area contributed by atoms with Gasteiger partial charge in [-0.1, -0.05) is 45.2 Å². The predicted molar refractivity (Wildman–Crippen MR) is 119 cm³/mol. The molecule has 0 saturated heterocycles. The highest BCUT2D eigenvalue weighted by Crippen LogP contribution is 2.25. The molecule has 30 heavy (non-hydrogen) atoms. The third-order valence-corrected chi connectivity index (χ3v) is 7.23. The van der Waals surface area contributed by atoms with E-state index in [4.69, 9.17) is 27.6 Å². The monoisotopic (exact) mass is 530 g/mol. The number of hydrogen-bond acceptors (Lipinski definition) is 4. The van der Waals surface area contributed by atoms with Crippen molar-refractivity contribution in [1.82, 2.24) is 9.62 Å². The van der Waals surface area contributed by atoms with Crippen LogP contribution in [0.25, 0.3) is 0 Å². The number of sulfonamides is 1. The Hall–Kier alpha value is -1.84. The minimum atomic E-state index is -3.95. The van der Waals surface area contributed by atoms with Crippen LogP contribution in [0.5, 0.6) is 0 Å². The first kappa shape index (κ1) is 22.8. The van der Waals surface area contributed by atoms with E-state index in [9.17, 15) is 13.2 Å². The van der Waals surface area contributed by atoms with E-state index in [0.717, 1.165) is 8.78 Å². The van der Waals surface area contributed by atoms with Crippen molar-refractivity contribution in [1.29, 1.82) is 0 Å². The van der Waals surface area contributed by atoms with Crippen molar-refractivity contribution in [3.8, 4) is 0 Å². The van der Waals surface area contributed by atoms with Crippen molar-refractivity contribution in [3.63, 3.8) is 0 Å². The molecule has 0 fully saturated rings. The summed E-state index contributed by atoms with van der Waals surface area (Å²) in [5, 5.41) is 3.32. The second kappa shape index (κ2) is 9.98. The molecule has 0 aliphatic rings. The van der Waals surface area contributed by atoms with Crippen molar-refractivity contribution < 1.29 is 17.6 Å². The van der Waals surface area contributed by atoms with E-state index in [1.54, 1.807) is 42.5 Å². The molecule has 0 aliphatic heterocycles. The van der Waals surface area contributed by atoms with Gasteiger partial charge in [-0.15, -0.1) is 0 Å². The van der Waals surface area contributed by atoms with Crippen LogP contribution in [0.2, 0.25) is 10.0 Å². The molecule has 0 atom stereocenters. The van der Waals surface area contributed by atoms with Crippen LogP contribution in [0.3, 0.4) is 0 Å². The van der Waals surface area contributed by atoms with E-state index < -0.39 is 15.9 Å². The average molecular weight is 532 g/mol. The van der Waals surface area contributed by atoms with Crippen molar-refractivity contribution in [2.75, 3.05) is 6.54 Å². The molecule has 1 N–H and O–H groups in total. The summed E-state index contributed by atoms with van der Waals surface area (Å²) in [4.78, 5) is 12.6. The molecule has 0 spiro atoms. The number of amides is 1. The van der Waals surface area contributed by atoms with Crippen LogP contribution in [0.4, 0.5) is 0 Å². The quantitative estimate of drug-likeness (QED) is 0.450. The highest BCUT2D eigenvalue weighted by Gasteiger charge is 2.27. The summed E-state index contributed by atoms with van der Waals surface area (Å²) in [6.45, 7) is -0.270. The smallest absolute Gasteiger partial charge is 0.243 e. The van der Waals surface area contributed by atoms with Gasteiger partial charge in [-0.05, 0) is 54.1 Å². The van der Waals surface area contributed by atoms with Crippen molar-refractivity contribution in [3.05, 3.63) is 86.7 Å². The molecular formula is C20H17BrCl2N2O4S. The fourth-order valence-electron chi connectivity index (χ4n) is 2.64. The normalized spacial score (nSPS) is 11.6. The molecule has 0 saturated carbocycles. The summed E-state index contributed by atoms with van der Waals surface area (Å²) in [5.74, 6) is 0.0993. The van der Waals surface area contributed by atoms with E-state index in [1.807, 2.05) is 0 Å². The predicted octanol–water partition coefficient (Wildman–Crippen LogP) is 4.86. The van der Waals surface area contributed by atoms with E-state index in [1.165, 1.54) is 18.4 Å². The highest BCUT2D eigenvalue weighted by atomic mass is 79.9. The molecule has 1 heterocycles. The number of benzene rings is 2. The van der Waals surface area contributed by atoms with Crippen LogP contribution in [-0.2, 0) is 27.9 Å². The lowest BCUT2D eigenvalue weighted by Gasteiger charge is -2.22. The number of furan rings is 1. The molecule has 6 nitrogen and oxygen atoms in total. The molecule has 1 amide bonds. The molecule has 0 unspecified atom stereocenters. The van der Waals surface area contributed by atoms with Gasteiger partial charge in [0.2, 0.25) is 15.9 Å². The van der Waals surface area contributed by atoms with Gasteiger partial charge in [0.15, 0.2) is 0 Å². The van der Waals surface area contributed by atoms with Gasteiger partial charge in [0.1, 0.15) is 5.76 Å². The van der Waals surface area contributed by atoms with Gasteiger partial charge in [-0.2, -0.15) is 4.31 Å². The summed E-state index contributed by atoms with van der Waals surface area (Å²) in [5.41, 5.74) is 0.601. The fraction of sp³-hybridized carbons (Fsp3) is 0.150. The zero-order valence-electron chi connectivity index (χ0n) is 15.5. The minimum Gasteiger partial charge on any atom is -0.467 e. The van der Waals surface area contributed by atoms with Gasteiger partial charge in [0, 0.05) is 11.0 Å². The van der Waals surface area contributed by atoms with Crippen LogP contribution in [0, 0.1) is 0 Å². The van der Waals surface area contributed by atoms with Gasteiger partial charge in [0.05, 0.1) is 34.3 Å². The molecule has 158 valence electrons. The van der Waals surface area contributed by atoms with Crippen LogP contribution in [0.1, 0.15) is 11.3 Å². The number of nitrogens with zero attached hydrogens (tertiary/aromatic N) is 1. The SMILES string of the molecule is O=C(CN(Cc1ccc(Cl)c(Cl)c1)S(=O)(=O)c1ccc(Br)cc1)NCc1ccco1. The summed E-state index contributed by atoms with van der Waals surface area (Å²) in [7, 11) is -3.95. The maximum Gasteiger partial charge on any atom is 0.243 e. The van der Waals surface area contributed by atoms with E-state index >= 15 is 0 Å². The summed E-state index contributed by atoms with van der Waals surface area (Å²) in [6, 6.07) is 14.4. The lowest BCUT2D eigenvalue weighted by atomic mass is 10.2. The Morgan fingerprint density at radius 2 is 1.80 bits per heavy atom. The van der Waals surface area contributed by atoms with Gasteiger partial charge in [0.25, 0.3) is 0 Å². The third-order valence-electron chi connectivity index (χ3n) is 4.15. The molecular weight excluding hydrogens is 515 g/mol. The standard InChI is InChI=1S/C20H17BrCl2N2O4S/c21-15-4-6-17(7-5-15)30(27,28)25(12-14-3-8-18(22)19(23)10-14)13-20(26)24-11-16-2-1-9-29-16/h1-10H,11-13H2,(H,24,26). The van der Waals surface area contributed by atoms with Gasteiger partial charge in [-0.3, -0.25) is 4.79 Å². The first-order chi connectivity index (χ1) is 14.3. The number of halogens is 3. The number of rotatable bonds is 8. The minimum absolute atomic E-state index is 0.0521. The molecule has 10 heteroatoms. The Morgan fingerprint density at radius 1 is 1.07 bits per heavy atom. The molecule has 2 aromatic carbocycles. The van der Waals surface area contributed by atoms with Gasteiger partial charge < -0.3 is 9.73 Å². The first-order valence-corrected chi connectivity index (χ1v) is 11.7. The van der Waals surface area contributed by atoms with Gasteiger partial charge >= 0.3 is 0 Å². The summed E-state index contributed by atoms with van der Waals surface area (Å²) < 4.78 is 33.5. The van der Waals surface area contributed by atoms with Crippen LogP contribution in [0.15, 0.2) is 74.6 Å². The molecule has 3 aromatic rings. The Labute approximate surface area is 193 Å². The molecule has 0 aliphatic carbocycles. The molecule has 0 bridgehead atoms. The van der Waals surface area contributed by atoms with Crippen molar-refractivity contribution >= 4 is 55.1 Å². The van der Waals surface area contributed by atoms with Crippen molar-refractivity contribution in [2.45, 2.75) is 18.0 Å². The number of carbonyl (C=O) groups excluding carboxylic acids is 1. The Kier molecular flexibility index (Phi) is 7.60. The number of nitrogens with one attached hydrogen (secondary N) is 1. The number of carbonyl (C=O) groups is 1. The maximum atomic E-state index is 13.2. The van der Waals surface area contributed by atoms with E-state index in [0.29, 0.717) is 21.4 Å². The summed E-state index contributed by atoms with van der Waals surface area (Å²) >= 11 is 15.3. The Balaban J connectivity index is 1.84. The average Bonchev–Trinajstić information content (AvgIpc) is 3.23. The van der Waals surface area contributed by atoms with Crippen LogP contribution >= 0.6 is 39.1 Å². The second-order valence-electron chi connectivity index (χ2n) is 6.33. The largest absolute Gasteiger partial charge is 0.467 e. The third kappa shape index (κ3) is 5.86. The lowest BCUT2D eigenvalue weighted by Crippen LogP contribution is -2.40. The zero-order chi connectivity index (χ0) is 21.7.